The molecule has 1 aliphatic rings. The molecule has 5 nitrogen and oxygen atoms in total. The van der Waals surface area contributed by atoms with Gasteiger partial charge in [-0.05, 0) is 56.2 Å². The molecule has 0 atom stereocenters. The van der Waals surface area contributed by atoms with Gasteiger partial charge in [-0.15, -0.1) is 0 Å². The summed E-state index contributed by atoms with van der Waals surface area (Å²) in [5.74, 6) is -2.87. The van der Waals surface area contributed by atoms with Crippen molar-refractivity contribution in [2.24, 2.45) is 0 Å². The van der Waals surface area contributed by atoms with Gasteiger partial charge in [0.2, 0.25) is 0 Å². The van der Waals surface area contributed by atoms with Crippen LogP contribution in [-0.2, 0) is 0 Å². The van der Waals surface area contributed by atoms with E-state index in [0.717, 1.165) is 30.9 Å². The van der Waals surface area contributed by atoms with E-state index >= 15 is 0 Å². The molecule has 0 amide bonds. The Kier molecular flexibility index (Phi) is 5.24. The fraction of sp³-hybridized carbons (Fsp3) is 0.238. The zero-order chi connectivity index (χ0) is 20.4. The van der Waals surface area contributed by atoms with Crippen LogP contribution in [0.5, 0.6) is 0 Å². The summed E-state index contributed by atoms with van der Waals surface area (Å²) in [7, 11) is 0. The first-order chi connectivity index (χ1) is 14.0. The van der Waals surface area contributed by atoms with E-state index in [1.54, 1.807) is 13.0 Å². The van der Waals surface area contributed by atoms with E-state index in [2.05, 4.69) is 37.6 Å². The van der Waals surface area contributed by atoms with E-state index in [1.807, 2.05) is 12.1 Å². The Bertz CT molecular complexity index is 1020. The lowest BCUT2D eigenvalue weighted by Crippen LogP contribution is -2.17. The van der Waals surface area contributed by atoms with Crippen LogP contribution >= 0.6 is 0 Å². The third-order valence-electron chi connectivity index (χ3n) is 4.75. The van der Waals surface area contributed by atoms with Gasteiger partial charge in [0, 0.05) is 30.5 Å². The minimum atomic E-state index is -1.53. The van der Waals surface area contributed by atoms with Crippen LogP contribution in [0.25, 0.3) is 0 Å². The fourth-order valence-electron chi connectivity index (χ4n) is 3.33. The lowest BCUT2D eigenvalue weighted by Gasteiger charge is -2.18. The molecule has 2 aromatic carbocycles. The van der Waals surface area contributed by atoms with Crippen molar-refractivity contribution in [3.05, 3.63) is 65.7 Å². The van der Waals surface area contributed by atoms with Crippen molar-refractivity contribution in [3.8, 4) is 0 Å². The number of halogens is 3. The van der Waals surface area contributed by atoms with Gasteiger partial charge < -0.3 is 15.5 Å². The molecular formula is C21H20F3N5. The highest BCUT2D eigenvalue weighted by molar-refractivity contribution is 5.65. The zero-order valence-electron chi connectivity index (χ0n) is 15.8. The average Bonchev–Trinajstić information content (AvgIpc) is 3.23. The summed E-state index contributed by atoms with van der Waals surface area (Å²) < 4.78 is 40.5. The van der Waals surface area contributed by atoms with E-state index in [1.165, 1.54) is 18.5 Å². The third kappa shape index (κ3) is 4.26. The van der Waals surface area contributed by atoms with Gasteiger partial charge >= 0.3 is 0 Å². The van der Waals surface area contributed by atoms with Crippen molar-refractivity contribution < 1.29 is 13.2 Å². The number of aryl methyl sites for hydroxylation is 1. The van der Waals surface area contributed by atoms with E-state index in [-0.39, 0.29) is 11.5 Å². The highest BCUT2D eigenvalue weighted by Crippen LogP contribution is 2.26. The molecule has 150 valence electrons. The summed E-state index contributed by atoms with van der Waals surface area (Å²) in [4.78, 5) is 10.8. The second kappa shape index (κ2) is 7.98. The number of nitrogens with one attached hydrogen (secondary N) is 2. The van der Waals surface area contributed by atoms with Crippen molar-refractivity contribution in [2.75, 3.05) is 28.6 Å². The molecule has 0 bridgehead atoms. The van der Waals surface area contributed by atoms with Crippen molar-refractivity contribution in [2.45, 2.75) is 19.8 Å². The Balaban J connectivity index is 1.52. The fourth-order valence-corrected chi connectivity index (χ4v) is 3.33. The molecule has 8 heteroatoms. The second-order valence-electron chi connectivity index (χ2n) is 6.90. The van der Waals surface area contributed by atoms with E-state index in [0.29, 0.717) is 11.6 Å². The highest BCUT2D eigenvalue weighted by Gasteiger charge is 2.15. The predicted molar refractivity (Wildman–Crippen MR) is 108 cm³/mol. The predicted octanol–water partition coefficient (Wildman–Crippen LogP) is 5.29. The maximum absolute atomic E-state index is 13.9. The Labute approximate surface area is 166 Å². The second-order valence-corrected chi connectivity index (χ2v) is 6.90. The first-order valence-corrected chi connectivity index (χ1v) is 9.38. The van der Waals surface area contributed by atoms with E-state index < -0.39 is 17.5 Å². The van der Waals surface area contributed by atoms with Crippen LogP contribution < -0.4 is 15.5 Å². The summed E-state index contributed by atoms with van der Waals surface area (Å²) >= 11 is 0. The minimum Gasteiger partial charge on any atom is -0.372 e. The van der Waals surface area contributed by atoms with Crippen LogP contribution in [0.15, 0.2) is 42.5 Å². The molecule has 1 aliphatic heterocycles. The summed E-state index contributed by atoms with van der Waals surface area (Å²) in [5, 5.41) is 5.86. The van der Waals surface area contributed by atoms with Crippen LogP contribution in [0.3, 0.4) is 0 Å². The number of hydrogen-bond donors (Lipinski definition) is 2. The summed E-state index contributed by atoms with van der Waals surface area (Å²) in [6.45, 7) is 3.84. The molecule has 29 heavy (non-hydrogen) atoms. The molecule has 0 aliphatic carbocycles. The number of anilines is 5. The van der Waals surface area contributed by atoms with Gasteiger partial charge in [-0.1, -0.05) is 0 Å². The quantitative estimate of drug-likeness (QED) is 0.571. The standard InChI is InChI=1S/C21H20F3N5/c1-13-25-18(27-14-4-6-15(7-5-14)29-10-2-3-11-29)12-19(26-13)28-17-9-8-16(22)20(23)21(17)24/h4-9,12H,2-3,10-11H2,1H3,(H2,25,26,27,28). The van der Waals surface area contributed by atoms with Crippen LogP contribution in [0.2, 0.25) is 0 Å². The SMILES string of the molecule is Cc1nc(Nc2ccc(N3CCCC3)cc2)cc(Nc2ccc(F)c(F)c2F)n1. The minimum absolute atomic E-state index is 0.206. The lowest BCUT2D eigenvalue weighted by atomic mass is 10.2. The van der Waals surface area contributed by atoms with Gasteiger partial charge in [0.25, 0.3) is 0 Å². The van der Waals surface area contributed by atoms with Gasteiger partial charge in [-0.2, -0.15) is 0 Å². The maximum Gasteiger partial charge on any atom is 0.196 e. The Hall–Kier alpha value is -3.29. The first kappa shape index (κ1) is 19.0. The normalized spacial score (nSPS) is 13.6. The smallest absolute Gasteiger partial charge is 0.196 e. The van der Waals surface area contributed by atoms with Gasteiger partial charge in [0.05, 0.1) is 5.69 Å². The molecular weight excluding hydrogens is 379 g/mol. The number of nitrogens with zero attached hydrogens (tertiary/aromatic N) is 3. The molecule has 0 saturated carbocycles. The Morgan fingerprint density at radius 2 is 1.48 bits per heavy atom. The number of benzene rings is 2. The summed E-state index contributed by atoms with van der Waals surface area (Å²) in [6, 6.07) is 11.6. The monoisotopic (exact) mass is 399 g/mol. The number of aromatic nitrogens is 2. The van der Waals surface area contributed by atoms with Crippen LogP contribution in [0.1, 0.15) is 18.7 Å². The van der Waals surface area contributed by atoms with Crippen LogP contribution in [0, 0.1) is 24.4 Å². The number of rotatable bonds is 5. The van der Waals surface area contributed by atoms with Crippen LogP contribution in [0.4, 0.5) is 41.9 Å². The Morgan fingerprint density at radius 3 is 2.17 bits per heavy atom. The molecule has 1 saturated heterocycles. The van der Waals surface area contributed by atoms with Gasteiger partial charge in [0.1, 0.15) is 17.5 Å². The van der Waals surface area contributed by atoms with E-state index in [9.17, 15) is 13.2 Å². The van der Waals surface area contributed by atoms with Gasteiger partial charge in [-0.25, -0.2) is 23.1 Å². The topological polar surface area (TPSA) is 53.1 Å². The largest absolute Gasteiger partial charge is 0.372 e. The van der Waals surface area contributed by atoms with Crippen molar-refractivity contribution in [3.63, 3.8) is 0 Å². The molecule has 1 aromatic heterocycles. The number of hydrogen-bond acceptors (Lipinski definition) is 5. The first-order valence-electron chi connectivity index (χ1n) is 9.38. The third-order valence-corrected chi connectivity index (χ3v) is 4.75. The average molecular weight is 399 g/mol. The van der Waals surface area contributed by atoms with Crippen molar-refractivity contribution >= 4 is 28.7 Å². The molecule has 1 fully saturated rings. The molecule has 2 N–H and O–H groups in total. The van der Waals surface area contributed by atoms with Gasteiger partial charge in [-0.3, -0.25) is 0 Å². The lowest BCUT2D eigenvalue weighted by molar-refractivity contribution is 0.449. The molecule has 0 unspecified atom stereocenters. The van der Waals surface area contributed by atoms with Gasteiger partial charge in [0.15, 0.2) is 17.5 Å². The molecule has 3 aromatic rings. The highest BCUT2D eigenvalue weighted by atomic mass is 19.2. The zero-order valence-corrected chi connectivity index (χ0v) is 15.8. The summed E-state index contributed by atoms with van der Waals surface area (Å²) in [5.41, 5.74) is 1.82. The molecule has 0 radical (unpaired) electrons. The maximum atomic E-state index is 13.9. The Morgan fingerprint density at radius 1 is 0.828 bits per heavy atom. The molecule has 2 heterocycles. The summed E-state index contributed by atoms with van der Waals surface area (Å²) in [6.07, 6.45) is 2.43. The van der Waals surface area contributed by atoms with Crippen molar-refractivity contribution in [1.29, 1.82) is 0 Å². The van der Waals surface area contributed by atoms with Crippen molar-refractivity contribution in [1.82, 2.24) is 9.97 Å². The van der Waals surface area contributed by atoms with Crippen LogP contribution in [-0.4, -0.2) is 23.1 Å². The van der Waals surface area contributed by atoms with E-state index in [4.69, 9.17) is 0 Å². The molecule has 4 rings (SSSR count). The molecule has 0 spiro atoms.